The third kappa shape index (κ3) is 3.66. The minimum absolute atomic E-state index is 0.135. The van der Waals surface area contributed by atoms with Crippen molar-refractivity contribution in [3.63, 3.8) is 0 Å². The Morgan fingerprint density at radius 3 is 2.71 bits per heavy atom. The van der Waals surface area contributed by atoms with Crippen molar-refractivity contribution in [2.45, 2.75) is 37.8 Å². The van der Waals surface area contributed by atoms with Crippen molar-refractivity contribution in [2.75, 3.05) is 7.11 Å². The van der Waals surface area contributed by atoms with E-state index in [-0.39, 0.29) is 11.9 Å². The normalized spacial score (nSPS) is 19.7. The van der Waals surface area contributed by atoms with Crippen molar-refractivity contribution < 1.29 is 9.53 Å². The van der Waals surface area contributed by atoms with E-state index >= 15 is 0 Å². The van der Waals surface area contributed by atoms with Crippen LogP contribution in [-0.2, 0) is 11.8 Å². The number of methoxy groups -OCH3 is 1. The Balaban J connectivity index is 1.70. The molecule has 7 nitrogen and oxygen atoms in total. The van der Waals surface area contributed by atoms with E-state index in [9.17, 15) is 4.79 Å². The fourth-order valence-corrected chi connectivity index (χ4v) is 4.13. The summed E-state index contributed by atoms with van der Waals surface area (Å²) in [6.07, 6.45) is 7.41. The number of benzene rings is 1. The minimum atomic E-state index is -0.171. The second-order valence-electron chi connectivity index (χ2n) is 7.10. The first kappa shape index (κ1) is 19.0. The van der Waals surface area contributed by atoms with Crippen molar-refractivity contribution in [1.82, 2.24) is 24.8 Å². The predicted molar refractivity (Wildman–Crippen MR) is 110 cm³/mol. The molecular weight excluding hydrogens is 422 g/mol. The van der Waals surface area contributed by atoms with Gasteiger partial charge in [0.05, 0.1) is 24.1 Å². The molecule has 3 aromatic rings. The number of halogens is 1. The highest BCUT2D eigenvalue weighted by molar-refractivity contribution is 9.10. The molecule has 8 heteroatoms. The molecule has 2 aromatic heterocycles. The Bertz CT molecular complexity index is 1010. The first-order valence-corrected chi connectivity index (χ1v) is 10.1. The van der Waals surface area contributed by atoms with Gasteiger partial charge in [0, 0.05) is 30.1 Å². The maximum atomic E-state index is 13.1. The van der Waals surface area contributed by atoms with Gasteiger partial charge in [0.1, 0.15) is 11.4 Å². The van der Waals surface area contributed by atoms with E-state index in [1.165, 1.54) is 0 Å². The number of aryl methyl sites for hydroxylation is 1. The standard InChI is InChI=1S/C20H22BrN5O2/c1-26-11-22-10-16(26)19-24-17-14(4-3-5-15(17)21)18(25-19)20(27)23-12-6-8-13(28-2)9-7-12/h3-5,10-13H,6-9H2,1-2H3,(H,23,27). The molecule has 2 heterocycles. The van der Waals surface area contributed by atoms with Crippen LogP contribution >= 0.6 is 15.9 Å². The first-order chi connectivity index (χ1) is 13.6. The number of carbonyl (C=O) groups excluding carboxylic acids is 1. The molecule has 0 radical (unpaired) electrons. The van der Waals surface area contributed by atoms with Crippen molar-refractivity contribution in [3.8, 4) is 11.5 Å². The third-order valence-electron chi connectivity index (χ3n) is 5.28. The highest BCUT2D eigenvalue weighted by Crippen LogP contribution is 2.27. The number of para-hydroxylation sites is 1. The zero-order valence-electron chi connectivity index (χ0n) is 15.9. The van der Waals surface area contributed by atoms with Crippen LogP contribution in [0.2, 0.25) is 0 Å². The summed E-state index contributed by atoms with van der Waals surface area (Å²) in [5.74, 6) is 0.308. The molecule has 1 amide bonds. The Morgan fingerprint density at radius 2 is 2.04 bits per heavy atom. The lowest BCUT2D eigenvalue weighted by Gasteiger charge is -2.28. The molecule has 1 saturated carbocycles. The number of amides is 1. The molecule has 1 fully saturated rings. The van der Waals surface area contributed by atoms with Crippen molar-refractivity contribution >= 4 is 32.7 Å². The van der Waals surface area contributed by atoms with Crippen LogP contribution in [-0.4, -0.2) is 44.7 Å². The number of nitrogens with one attached hydrogen (secondary N) is 1. The molecule has 0 spiro atoms. The number of fused-ring (bicyclic) bond motifs is 1. The average Bonchev–Trinajstić information content (AvgIpc) is 3.14. The summed E-state index contributed by atoms with van der Waals surface area (Å²) in [6, 6.07) is 5.82. The Hall–Kier alpha value is -2.32. The predicted octanol–water partition coefficient (Wildman–Crippen LogP) is 3.48. The molecule has 0 unspecified atom stereocenters. The van der Waals surface area contributed by atoms with E-state index in [0.717, 1.165) is 41.2 Å². The molecule has 1 aliphatic carbocycles. The van der Waals surface area contributed by atoms with Crippen molar-refractivity contribution in [2.24, 2.45) is 7.05 Å². The Morgan fingerprint density at radius 1 is 1.25 bits per heavy atom. The average molecular weight is 444 g/mol. The number of hydrogen-bond acceptors (Lipinski definition) is 5. The van der Waals surface area contributed by atoms with Gasteiger partial charge in [-0.05, 0) is 47.7 Å². The molecule has 0 saturated heterocycles. The number of ether oxygens (including phenoxy) is 1. The van der Waals surface area contributed by atoms with Crippen LogP contribution < -0.4 is 5.32 Å². The van der Waals surface area contributed by atoms with Crippen LogP contribution in [0.5, 0.6) is 0 Å². The smallest absolute Gasteiger partial charge is 0.270 e. The molecular formula is C20H22BrN5O2. The lowest BCUT2D eigenvalue weighted by Crippen LogP contribution is -2.39. The molecule has 1 aromatic carbocycles. The van der Waals surface area contributed by atoms with Crippen molar-refractivity contribution in [3.05, 3.63) is 40.9 Å². The molecule has 146 valence electrons. The van der Waals surface area contributed by atoms with Gasteiger partial charge in [-0.25, -0.2) is 15.0 Å². The molecule has 0 atom stereocenters. The van der Waals surface area contributed by atoms with E-state index in [1.807, 2.05) is 29.8 Å². The van der Waals surface area contributed by atoms with Gasteiger partial charge in [-0.15, -0.1) is 0 Å². The lowest BCUT2D eigenvalue weighted by molar-refractivity contribution is 0.0598. The van der Waals surface area contributed by atoms with Crippen LogP contribution in [0.4, 0.5) is 0 Å². The molecule has 4 rings (SSSR count). The van der Waals surface area contributed by atoms with Gasteiger partial charge < -0.3 is 14.6 Å². The lowest BCUT2D eigenvalue weighted by atomic mass is 9.93. The number of imidazole rings is 1. The van der Waals surface area contributed by atoms with Crippen LogP contribution in [0.3, 0.4) is 0 Å². The Kier molecular flexibility index (Phi) is 5.41. The Labute approximate surface area is 171 Å². The van der Waals surface area contributed by atoms with Gasteiger partial charge in [0.25, 0.3) is 5.91 Å². The monoisotopic (exact) mass is 443 g/mol. The molecule has 28 heavy (non-hydrogen) atoms. The molecule has 1 N–H and O–H groups in total. The zero-order valence-corrected chi connectivity index (χ0v) is 17.4. The van der Waals surface area contributed by atoms with Gasteiger partial charge in [-0.3, -0.25) is 4.79 Å². The summed E-state index contributed by atoms with van der Waals surface area (Å²) in [5, 5.41) is 3.88. The summed E-state index contributed by atoms with van der Waals surface area (Å²) < 4.78 is 8.08. The highest BCUT2D eigenvalue weighted by atomic mass is 79.9. The third-order valence-corrected chi connectivity index (χ3v) is 5.92. The molecule has 1 aliphatic rings. The largest absolute Gasteiger partial charge is 0.381 e. The minimum Gasteiger partial charge on any atom is -0.381 e. The second kappa shape index (κ2) is 7.97. The summed E-state index contributed by atoms with van der Waals surface area (Å²) in [4.78, 5) is 26.6. The summed E-state index contributed by atoms with van der Waals surface area (Å²) in [7, 11) is 3.62. The number of aromatic nitrogens is 4. The van der Waals surface area contributed by atoms with Crippen LogP contribution in [0.1, 0.15) is 36.2 Å². The van der Waals surface area contributed by atoms with E-state index in [2.05, 4.69) is 36.2 Å². The van der Waals surface area contributed by atoms with Gasteiger partial charge in [-0.2, -0.15) is 0 Å². The second-order valence-corrected chi connectivity index (χ2v) is 7.96. The van der Waals surface area contributed by atoms with E-state index < -0.39 is 0 Å². The van der Waals surface area contributed by atoms with E-state index in [4.69, 9.17) is 4.74 Å². The zero-order chi connectivity index (χ0) is 19.7. The van der Waals surface area contributed by atoms with Gasteiger partial charge in [-0.1, -0.05) is 12.1 Å². The molecule has 0 bridgehead atoms. The highest BCUT2D eigenvalue weighted by Gasteiger charge is 2.25. The number of nitrogens with zero attached hydrogens (tertiary/aromatic N) is 4. The van der Waals surface area contributed by atoms with Crippen LogP contribution in [0.25, 0.3) is 22.4 Å². The van der Waals surface area contributed by atoms with Gasteiger partial charge in [0.15, 0.2) is 5.82 Å². The van der Waals surface area contributed by atoms with Crippen LogP contribution in [0, 0.1) is 0 Å². The fourth-order valence-electron chi connectivity index (χ4n) is 3.67. The number of hydrogen-bond donors (Lipinski definition) is 1. The topological polar surface area (TPSA) is 81.9 Å². The summed E-state index contributed by atoms with van der Waals surface area (Å²) in [5.41, 5.74) is 1.85. The van der Waals surface area contributed by atoms with Crippen LogP contribution in [0.15, 0.2) is 35.2 Å². The fraction of sp³-hybridized carbons (Fsp3) is 0.400. The first-order valence-electron chi connectivity index (χ1n) is 9.33. The summed E-state index contributed by atoms with van der Waals surface area (Å²) in [6.45, 7) is 0. The maximum Gasteiger partial charge on any atom is 0.270 e. The quantitative estimate of drug-likeness (QED) is 0.667. The van der Waals surface area contributed by atoms with Gasteiger partial charge >= 0.3 is 0 Å². The maximum absolute atomic E-state index is 13.1. The van der Waals surface area contributed by atoms with E-state index in [0.29, 0.717) is 23.1 Å². The molecule has 0 aliphatic heterocycles. The van der Waals surface area contributed by atoms with Gasteiger partial charge in [0.2, 0.25) is 0 Å². The number of rotatable bonds is 4. The summed E-state index contributed by atoms with van der Waals surface area (Å²) >= 11 is 3.55. The number of carbonyl (C=O) groups is 1. The van der Waals surface area contributed by atoms with Crippen molar-refractivity contribution in [1.29, 1.82) is 0 Å². The van der Waals surface area contributed by atoms with E-state index in [1.54, 1.807) is 19.6 Å². The SMILES string of the molecule is COC1CCC(NC(=O)c2nc(-c3cncn3C)nc3c(Br)cccc23)CC1.